The quantitative estimate of drug-likeness (QED) is 0.822. The molecule has 2 atom stereocenters. The normalized spacial score (nSPS) is 27.2. The van der Waals surface area contributed by atoms with Crippen molar-refractivity contribution in [2.45, 2.75) is 63.8 Å². The first kappa shape index (κ1) is 14.6. The number of rotatable bonds is 4. The number of aliphatic hydroxyl groups excluding tert-OH is 1. The second-order valence-corrected chi connectivity index (χ2v) is 6.28. The first-order valence-corrected chi connectivity index (χ1v) is 7.89. The fourth-order valence-electron chi connectivity index (χ4n) is 3.93. The van der Waals surface area contributed by atoms with Gasteiger partial charge in [-0.15, -0.1) is 0 Å². The smallest absolute Gasteiger partial charge is 0.315 e. The number of nitrogens with zero attached hydrogens (tertiary/aromatic N) is 1. The third kappa shape index (κ3) is 3.85. The van der Waals surface area contributed by atoms with Gasteiger partial charge in [0.25, 0.3) is 0 Å². The Balaban J connectivity index is 1.95. The Morgan fingerprint density at radius 2 is 1.84 bits per heavy atom. The molecule has 0 aromatic heterocycles. The number of aliphatic hydroxyl groups is 1. The van der Waals surface area contributed by atoms with Crippen LogP contribution < -0.4 is 5.73 Å². The molecular weight excluding hydrogens is 240 g/mol. The lowest BCUT2D eigenvalue weighted by Gasteiger charge is -2.40. The second kappa shape index (κ2) is 7.13. The van der Waals surface area contributed by atoms with E-state index in [-0.39, 0.29) is 24.6 Å². The van der Waals surface area contributed by atoms with E-state index >= 15 is 0 Å². The molecule has 0 spiro atoms. The number of piperidine rings is 1. The van der Waals surface area contributed by atoms with E-state index in [0.717, 1.165) is 38.1 Å². The Morgan fingerprint density at radius 1 is 1.16 bits per heavy atom. The number of urea groups is 1. The van der Waals surface area contributed by atoms with Gasteiger partial charge in [-0.1, -0.05) is 32.1 Å². The van der Waals surface area contributed by atoms with Gasteiger partial charge in [0.15, 0.2) is 0 Å². The molecule has 4 nitrogen and oxygen atoms in total. The van der Waals surface area contributed by atoms with E-state index in [1.807, 2.05) is 0 Å². The molecule has 1 aliphatic heterocycles. The fraction of sp³-hybridized carbons (Fsp3) is 0.933. The Kier molecular flexibility index (Phi) is 5.49. The molecule has 1 unspecified atom stereocenters. The topological polar surface area (TPSA) is 66.6 Å². The standard InChI is InChI=1S/C15H28N2O2/c16-15(19)17-9-5-4-8-14(17)13(11-18)10-12-6-2-1-3-7-12/h12-14,18H,1-11H2,(H2,16,19)/t13-,14?/m1/s1. The molecule has 1 heterocycles. The van der Waals surface area contributed by atoms with Crippen molar-refractivity contribution in [3.8, 4) is 0 Å². The highest BCUT2D eigenvalue weighted by Gasteiger charge is 2.33. The molecule has 3 N–H and O–H groups in total. The van der Waals surface area contributed by atoms with Crippen LogP contribution in [-0.2, 0) is 0 Å². The minimum absolute atomic E-state index is 0.165. The van der Waals surface area contributed by atoms with Gasteiger partial charge < -0.3 is 15.7 Å². The van der Waals surface area contributed by atoms with Gasteiger partial charge in [0, 0.05) is 25.1 Å². The molecule has 0 radical (unpaired) electrons. The molecule has 0 aromatic carbocycles. The average Bonchev–Trinajstić information content (AvgIpc) is 2.46. The van der Waals surface area contributed by atoms with Crippen molar-refractivity contribution < 1.29 is 9.90 Å². The highest BCUT2D eigenvalue weighted by atomic mass is 16.3. The van der Waals surface area contributed by atoms with Crippen LogP contribution in [0.25, 0.3) is 0 Å². The second-order valence-electron chi connectivity index (χ2n) is 6.28. The number of amides is 2. The van der Waals surface area contributed by atoms with Gasteiger partial charge in [0.2, 0.25) is 0 Å². The third-order valence-corrected chi connectivity index (χ3v) is 4.97. The van der Waals surface area contributed by atoms with Gasteiger partial charge in [-0.2, -0.15) is 0 Å². The molecule has 1 aliphatic carbocycles. The molecule has 2 aliphatic rings. The maximum atomic E-state index is 11.5. The Bertz CT molecular complexity index is 290. The van der Waals surface area contributed by atoms with Crippen LogP contribution in [0.15, 0.2) is 0 Å². The molecule has 2 amide bonds. The van der Waals surface area contributed by atoms with Crippen LogP contribution in [-0.4, -0.2) is 35.2 Å². The number of carbonyl (C=O) groups is 1. The molecule has 0 bridgehead atoms. The number of hydrogen-bond donors (Lipinski definition) is 2. The van der Waals surface area contributed by atoms with Gasteiger partial charge in [-0.3, -0.25) is 0 Å². The fourth-order valence-corrected chi connectivity index (χ4v) is 3.93. The summed E-state index contributed by atoms with van der Waals surface area (Å²) < 4.78 is 0. The lowest BCUT2D eigenvalue weighted by Crippen LogP contribution is -2.51. The minimum atomic E-state index is -0.313. The predicted molar refractivity (Wildman–Crippen MR) is 75.7 cm³/mol. The maximum absolute atomic E-state index is 11.5. The molecule has 0 aromatic rings. The highest BCUT2D eigenvalue weighted by molar-refractivity contribution is 5.72. The van der Waals surface area contributed by atoms with Gasteiger partial charge in [0.1, 0.15) is 0 Å². The van der Waals surface area contributed by atoms with Gasteiger partial charge in [-0.25, -0.2) is 4.79 Å². The summed E-state index contributed by atoms with van der Waals surface area (Å²) in [6.45, 7) is 0.951. The molecule has 19 heavy (non-hydrogen) atoms. The van der Waals surface area contributed by atoms with Gasteiger partial charge in [0.05, 0.1) is 0 Å². The Labute approximate surface area is 116 Å². The lowest BCUT2D eigenvalue weighted by molar-refractivity contribution is 0.0735. The Morgan fingerprint density at radius 3 is 2.47 bits per heavy atom. The monoisotopic (exact) mass is 268 g/mol. The van der Waals surface area contributed by atoms with E-state index in [9.17, 15) is 9.90 Å². The van der Waals surface area contributed by atoms with E-state index in [1.165, 1.54) is 32.1 Å². The SMILES string of the molecule is NC(=O)N1CCCCC1[C@@H](CO)CC1CCCCC1. The predicted octanol–water partition coefficient (Wildman–Crippen LogP) is 2.50. The number of nitrogens with two attached hydrogens (primary N) is 1. The van der Waals surface area contributed by atoms with Crippen molar-refractivity contribution in [1.82, 2.24) is 4.90 Å². The van der Waals surface area contributed by atoms with E-state index in [0.29, 0.717) is 0 Å². The molecular formula is C15H28N2O2. The van der Waals surface area contributed by atoms with E-state index in [4.69, 9.17) is 5.73 Å². The zero-order chi connectivity index (χ0) is 13.7. The van der Waals surface area contributed by atoms with E-state index < -0.39 is 0 Å². The van der Waals surface area contributed by atoms with Crippen molar-refractivity contribution in [3.63, 3.8) is 0 Å². The summed E-state index contributed by atoms with van der Waals surface area (Å²) in [6, 6.07) is -0.148. The summed E-state index contributed by atoms with van der Waals surface area (Å²) in [7, 11) is 0. The summed E-state index contributed by atoms with van der Waals surface area (Å²) >= 11 is 0. The zero-order valence-corrected chi connectivity index (χ0v) is 11.9. The van der Waals surface area contributed by atoms with Crippen LogP contribution in [0.1, 0.15) is 57.8 Å². The third-order valence-electron chi connectivity index (χ3n) is 4.97. The average molecular weight is 268 g/mol. The van der Waals surface area contributed by atoms with Crippen molar-refractivity contribution in [3.05, 3.63) is 0 Å². The summed E-state index contributed by atoms with van der Waals surface area (Å²) in [6.07, 6.45) is 10.8. The van der Waals surface area contributed by atoms with Crippen LogP contribution in [0.5, 0.6) is 0 Å². The minimum Gasteiger partial charge on any atom is -0.396 e. The number of carbonyl (C=O) groups excluding carboxylic acids is 1. The van der Waals surface area contributed by atoms with Gasteiger partial charge >= 0.3 is 6.03 Å². The first-order chi connectivity index (χ1) is 9.22. The van der Waals surface area contributed by atoms with Crippen LogP contribution in [0.3, 0.4) is 0 Å². The number of primary amides is 1. The van der Waals surface area contributed by atoms with E-state index in [2.05, 4.69) is 0 Å². The maximum Gasteiger partial charge on any atom is 0.315 e. The molecule has 1 saturated heterocycles. The summed E-state index contributed by atoms with van der Waals surface area (Å²) in [5.41, 5.74) is 5.49. The van der Waals surface area contributed by atoms with E-state index in [1.54, 1.807) is 4.90 Å². The lowest BCUT2D eigenvalue weighted by atomic mass is 9.79. The van der Waals surface area contributed by atoms with Crippen LogP contribution >= 0.6 is 0 Å². The summed E-state index contributed by atoms with van der Waals surface area (Å²) in [5.74, 6) is 0.957. The molecule has 2 rings (SSSR count). The van der Waals surface area contributed by atoms with Gasteiger partial charge in [-0.05, 0) is 31.6 Å². The van der Waals surface area contributed by atoms with Crippen molar-refractivity contribution in [1.29, 1.82) is 0 Å². The van der Waals surface area contributed by atoms with Crippen molar-refractivity contribution in [2.75, 3.05) is 13.2 Å². The van der Waals surface area contributed by atoms with Crippen LogP contribution in [0, 0.1) is 11.8 Å². The van der Waals surface area contributed by atoms with Crippen LogP contribution in [0.4, 0.5) is 4.79 Å². The summed E-state index contributed by atoms with van der Waals surface area (Å²) in [5, 5.41) is 9.73. The van der Waals surface area contributed by atoms with Crippen molar-refractivity contribution in [2.24, 2.45) is 17.6 Å². The van der Waals surface area contributed by atoms with Crippen LogP contribution in [0.2, 0.25) is 0 Å². The molecule has 2 fully saturated rings. The largest absolute Gasteiger partial charge is 0.396 e. The molecule has 4 heteroatoms. The first-order valence-electron chi connectivity index (χ1n) is 7.89. The molecule has 1 saturated carbocycles. The highest BCUT2D eigenvalue weighted by Crippen LogP contribution is 2.33. The zero-order valence-electron chi connectivity index (χ0n) is 11.9. The number of likely N-dealkylation sites (tertiary alicyclic amines) is 1. The van der Waals surface area contributed by atoms with Crippen molar-refractivity contribution >= 4 is 6.03 Å². The summed E-state index contributed by atoms with van der Waals surface area (Å²) in [4.78, 5) is 13.3. The molecule has 110 valence electrons. The Hall–Kier alpha value is -0.770. The number of hydrogen-bond acceptors (Lipinski definition) is 2.